The second-order valence-electron chi connectivity index (χ2n) is 2.22. The van der Waals surface area contributed by atoms with Crippen molar-refractivity contribution in [3.63, 3.8) is 0 Å². The molecule has 8 nitrogen and oxygen atoms in total. The van der Waals surface area contributed by atoms with Crippen LogP contribution in [-0.4, -0.2) is 45.6 Å². The molecule has 0 aliphatic carbocycles. The van der Waals surface area contributed by atoms with Gasteiger partial charge >= 0.3 is 17.9 Å². The summed E-state index contributed by atoms with van der Waals surface area (Å²) in [6.07, 6.45) is -0.865. The summed E-state index contributed by atoms with van der Waals surface area (Å²) in [5.41, 5.74) is 4.57. The topological polar surface area (TPSA) is 155 Å². The second-order valence-corrected chi connectivity index (χ2v) is 2.22. The Hall–Kier alpha value is -1.96. The molecule has 0 rings (SSSR count). The molecule has 0 radical (unpaired) electrons. The van der Waals surface area contributed by atoms with Crippen LogP contribution in [0.1, 0.15) is 12.8 Å². The van der Waals surface area contributed by atoms with Crippen LogP contribution < -0.4 is 5.73 Å². The molecule has 0 bridgehead atoms. The smallest absolute Gasteiger partial charge is 0.372 e. The molecule has 8 heteroatoms. The predicted molar refractivity (Wildman–Crippen MR) is 46.2 cm³/mol. The lowest BCUT2D eigenvalue weighted by Gasteiger charge is -1.88. The lowest BCUT2D eigenvalue weighted by atomic mass is 10.2. The Morgan fingerprint density at radius 3 is 1.47 bits per heavy atom. The van der Waals surface area contributed by atoms with Crippen molar-refractivity contribution < 1.29 is 34.5 Å². The van der Waals surface area contributed by atoms with Gasteiger partial charge in [0.1, 0.15) is 0 Å². The molecule has 0 aromatic rings. The van der Waals surface area contributed by atoms with Gasteiger partial charge in [0, 0.05) is 6.42 Å². The van der Waals surface area contributed by atoms with Crippen molar-refractivity contribution in [2.45, 2.75) is 12.8 Å². The average molecular weight is 221 g/mol. The van der Waals surface area contributed by atoms with Crippen LogP contribution in [-0.2, 0) is 19.2 Å². The highest BCUT2D eigenvalue weighted by atomic mass is 16.4. The van der Waals surface area contributed by atoms with Crippen molar-refractivity contribution in [1.82, 2.24) is 0 Å². The molecule has 0 heterocycles. The Morgan fingerprint density at radius 1 is 0.867 bits per heavy atom. The van der Waals surface area contributed by atoms with Crippen LogP contribution in [0.25, 0.3) is 0 Å². The largest absolute Gasteiger partial charge is 0.481 e. The van der Waals surface area contributed by atoms with Gasteiger partial charge < -0.3 is 21.1 Å². The van der Waals surface area contributed by atoms with Crippen molar-refractivity contribution in [2.75, 3.05) is 6.54 Å². The molecule has 0 saturated carbocycles. The summed E-state index contributed by atoms with van der Waals surface area (Å²) in [6, 6.07) is 0. The van der Waals surface area contributed by atoms with E-state index in [4.69, 9.17) is 15.3 Å². The lowest BCUT2D eigenvalue weighted by Crippen LogP contribution is -2.13. The fourth-order valence-corrected chi connectivity index (χ4v) is 0.327. The number of aliphatic carboxylic acids is 3. The highest BCUT2D eigenvalue weighted by Gasteiger charge is 2.12. The first-order chi connectivity index (χ1) is 6.81. The second kappa shape index (κ2) is 8.63. The SMILES string of the molecule is NCC(=O)O.O=C(O)CCC(=O)C(=O)O. The predicted octanol–water partition coefficient (Wildman–Crippen LogP) is -1.47. The number of nitrogens with two attached hydrogens (primary N) is 1. The number of hydrogen-bond donors (Lipinski definition) is 4. The third-order valence-electron chi connectivity index (χ3n) is 0.979. The van der Waals surface area contributed by atoms with Crippen LogP contribution in [0.5, 0.6) is 0 Å². The van der Waals surface area contributed by atoms with Crippen LogP contribution >= 0.6 is 0 Å². The monoisotopic (exact) mass is 221 g/mol. The Morgan fingerprint density at radius 2 is 1.27 bits per heavy atom. The first kappa shape index (κ1) is 15.5. The lowest BCUT2D eigenvalue weighted by molar-refractivity contribution is -0.149. The van der Waals surface area contributed by atoms with E-state index in [1.807, 2.05) is 0 Å². The van der Waals surface area contributed by atoms with E-state index in [-0.39, 0.29) is 6.54 Å². The van der Waals surface area contributed by atoms with E-state index < -0.39 is 36.5 Å². The molecule has 0 spiro atoms. The number of carbonyl (C=O) groups is 4. The van der Waals surface area contributed by atoms with E-state index in [9.17, 15) is 19.2 Å². The van der Waals surface area contributed by atoms with E-state index in [1.165, 1.54) is 0 Å². The van der Waals surface area contributed by atoms with Gasteiger partial charge in [0.2, 0.25) is 5.78 Å². The molecule has 0 saturated heterocycles. The molecule has 0 amide bonds. The van der Waals surface area contributed by atoms with Crippen LogP contribution in [0.4, 0.5) is 0 Å². The summed E-state index contributed by atoms with van der Waals surface area (Å²) in [4.78, 5) is 39.0. The van der Waals surface area contributed by atoms with E-state index in [0.29, 0.717) is 0 Å². The van der Waals surface area contributed by atoms with Gasteiger partial charge in [-0.1, -0.05) is 0 Å². The van der Waals surface area contributed by atoms with Crippen LogP contribution in [0.2, 0.25) is 0 Å². The van der Waals surface area contributed by atoms with Gasteiger partial charge in [-0.2, -0.15) is 0 Å². The van der Waals surface area contributed by atoms with Gasteiger partial charge in [-0.3, -0.25) is 14.4 Å². The normalized spacial score (nSPS) is 8.33. The number of ketones is 1. The molecule has 15 heavy (non-hydrogen) atoms. The number of carboxylic acids is 3. The molecule has 0 unspecified atom stereocenters. The molecule has 0 aliphatic rings. The first-order valence-corrected chi connectivity index (χ1v) is 3.71. The minimum atomic E-state index is -1.58. The average Bonchev–Trinajstić information content (AvgIpc) is 2.14. The Bertz CT molecular complexity index is 260. The van der Waals surface area contributed by atoms with Gasteiger partial charge in [0.05, 0.1) is 13.0 Å². The maximum atomic E-state index is 10.2. The molecule has 5 N–H and O–H groups in total. The minimum absolute atomic E-state index is 0.278. The molecule has 0 aliphatic heterocycles. The van der Waals surface area contributed by atoms with Gasteiger partial charge in [-0.15, -0.1) is 0 Å². The summed E-state index contributed by atoms with van der Waals surface area (Å²) in [5, 5.41) is 23.5. The third-order valence-corrected chi connectivity index (χ3v) is 0.979. The van der Waals surface area contributed by atoms with Crippen LogP contribution in [0.15, 0.2) is 0 Å². The Labute approximate surface area is 84.3 Å². The highest BCUT2D eigenvalue weighted by molar-refractivity contribution is 6.32. The van der Waals surface area contributed by atoms with Crippen molar-refractivity contribution in [3.8, 4) is 0 Å². The Kier molecular flexibility index (Phi) is 8.92. The first-order valence-electron chi connectivity index (χ1n) is 3.71. The van der Waals surface area contributed by atoms with Crippen LogP contribution in [0.3, 0.4) is 0 Å². The van der Waals surface area contributed by atoms with Crippen molar-refractivity contribution >= 4 is 23.7 Å². The van der Waals surface area contributed by atoms with E-state index >= 15 is 0 Å². The maximum absolute atomic E-state index is 10.2. The highest BCUT2D eigenvalue weighted by Crippen LogP contribution is 1.89. The summed E-state index contributed by atoms with van der Waals surface area (Å²) in [7, 11) is 0. The summed E-state index contributed by atoms with van der Waals surface area (Å²) in [5.74, 6) is -4.79. The molecule has 0 fully saturated rings. The van der Waals surface area contributed by atoms with Gasteiger partial charge in [-0.25, -0.2) is 4.79 Å². The third kappa shape index (κ3) is 14.9. The van der Waals surface area contributed by atoms with Crippen LogP contribution in [0, 0.1) is 0 Å². The van der Waals surface area contributed by atoms with Gasteiger partial charge in [-0.05, 0) is 0 Å². The van der Waals surface area contributed by atoms with E-state index in [0.717, 1.165) is 0 Å². The number of Topliss-reactive ketones (excluding diaryl/α,β-unsaturated/α-hetero) is 1. The number of rotatable bonds is 5. The number of hydrogen-bond acceptors (Lipinski definition) is 5. The quantitative estimate of drug-likeness (QED) is 0.410. The molecule has 0 atom stereocenters. The van der Waals surface area contributed by atoms with Gasteiger partial charge in [0.25, 0.3) is 0 Å². The molecular formula is C7H11NO7. The van der Waals surface area contributed by atoms with Crippen molar-refractivity contribution in [2.24, 2.45) is 5.73 Å². The summed E-state index contributed by atoms with van der Waals surface area (Å²) >= 11 is 0. The van der Waals surface area contributed by atoms with Gasteiger partial charge in [0.15, 0.2) is 0 Å². The fraction of sp³-hybridized carbons (Fsp3) is 0.429. The molecule has 86 valence electrons. The number of carboxylic acid groups (broad SMARTS) is 3. The fourth-order valence-electron chi connectivity index (χ4n) is 0.327. The molecule has 0 aromatic carbocycles. The molecule has 0 aromatic heterocycles. The molecular weight excluding hydrogens is 210 g/mol. The zero-order valence-electron chi connectivity index (χ0n) is 7.67. The van der Waals surface area contributed by atoms with Crippen molar-refractivity contribution in [3.05, 3.63) is 0 Å². The van der Waals surface area contributed by atoms with E-state index in [1.54, 1.807) is 0 Å². The zero-order chi connectivity index (χ0) is 12.4. The summed E-state index contributed by atoms with van der Waals surface area (Å²) < 4.78 is 0. The summed E-state index contributed by atoms with van der Waals surface area (Å²) in [6.45, 7) is -0.278. The maximum Gasteiger partial charge on any atom is 0.372 e. The van der Waals surface area contributed by atoms with Crippen molar-refractivity contribution in [1.29, 1.82) is 0 Å². The zero-order valence-corrected chi connectivity index (χ0v) is 7.67. The number of carbonyl (C=O) groups excluding carboxylic acids is 1. The standard InChI is InChI=1S/C5H6O5.C2H5NO2/c6-3(5(9)10)1-2-4(7)8;3-1-2(4)5/h1-2H2,(H,7,8)(H,9,10);1,3H2,(H,4,5). The van der Waals surface area contributed by atoms with E-state index in [2.05, 4.69) is 5.73 Å². The Balaban J connectivity index is 0. The minimum Gasteiger partial charge on any atom is -0.481 e.